The van der Waals surface area contributed by atoms with Gasteiger partial charge in [-0.25, -0.2) is 4.98 Å². The Kier molecular flexibility index (Phi) is 4.65. The lowest BCUT2D eigenvalue weighted by molar-refractivity contribution is 0.673. The normalized spacial score (nSPS) is 10.6. The van der Waals surface area contributed by atoms with Crippen LogP contribution in [-0.4, -0.2) is 15.3 Å². The second kappa shape index (κ2) is 6.86. The van der Waals surface area contributed by atoms with Gasteiger partial charge in [0.2, 0.25) is 0 Å². The first kappa shape index (κ1) is 15.6. The van der Waals surface area contributed by atoms with Gasteiger partial charge in [-0.05, 0) is 5.56 Å². The smallest absolute Gasteiger partial charge is 0.263 e. The van der Waals surface area contributed by atoms with Crippen molar-refractivity contribution < 1.29 is 0 Å². The van der Waals surface area contributed by atoms with Crippen LogP contribution in [0.1, 0.15) is 0 Å². The molecule has 1 aromatic carbocycles. The Morgan fingerprint density at radius 2 is 2.17 bits per heavy atom. The lowest BCUT2D eigenvalue weighted by Gasteiger charge is -2.09. The Balaban J connectivity index is 2.25. The molecule has 3 rings (SSSR count). The van der Waals surface area contributed by atoms with Gasteiger partial charge < -0.3 is 0 Å². The van der Waals surface area contributed by atoms with Gasteiger partial charge in [0, 0.05) is 17.5 Å². The predicted octanol–water partition coefficient (Wildman–Crippen LogP) is 4.04. The number of thioether (sulfide) groups is 1. The van der Waals surface area contributed by atoms with Gasteiger partial charge in [-0.2, -0.15) is 0 Å². The zero-order chi connectivity index (χ0) is 16.2. The highest BCUT2D eigenvalue weighted by atomic mass is 32.2. The molecule has 0 aliphatic heterocycles. The lowest BCUT2D eigenvalue weighted by Crippen LogP contribution is -2.22. The summed E-state index contributed by atoms with van der Waals surface area (Å²) in [7, 11) is 0. The molecule has 3 nitrogen and oxygen atoms in total. The maximum atomic E-state index is 13.0. The van der Waals surface area contributed by atoms with E-state index in [-0.39, 0.29) is 5.56 Å². The number of nitrogens with zero attached hydrogens (tertiary/aromatic N) is 2. The molecule has 0 unspecified atom stereocenters. The predicted molar refractivity (Wildman–Crippen MR) is 99.1 cm³/mol. The SMILES string of the molecule is C#CCSc1nc2scc(-c3ccccc3)c2c(=O)n1CC=C. The van der Waals surface area contributed by atoms with E-state index in [4.69, 9.17) is 6.42 Å². The Hall–Kier alpha value is -2.29. The summed E-state index contributed by atoms with van der Waals surface area (Å²) in [6.07, 6.45) is 7.03. The van der Waals surface area contributed by atoms with Crippen molar-refractivity contribution in [2.75, 3.05) is 5.75 Å². The molecule has 0 aliphatic rings. The summed E-state index contributed by atoms with van der Waals surface area (Å²) in [6, 6.07) is 9.89. The van der Waals surface area contributed by atoms with Crippen LogP contribution < -0.4 is 5.56 Å². The minimum absolute atomic E-state index is 0.0467. The first-order valence-corrected chi connectivity index (χ1v) is 8.87. The average Bonchev–Trinajstić information content (AvgIpc) is 3.01. The molecule has 0 atom stereocenters. The van der Waals surface area contributed by atoms with Crippen LogP contribution in [0, 0.1) is 12.3 Å². The molecular formula is C18H14N2OS2. The highest BCUT2D eigenvalue weighted by molar-refractivity contribution is 7.99. The number of hydrogen-bond donors (Lipinski definition) is 0. The third-order valence-electron chi connectivity index (χ3n) is 3.34. The number of terminal acetylenes is 1. The lowest BCUT2D eigenvalue weighted by atomic mass is 10.1. The van der Waals surface area contributed by atoms with E-state index in [1.807, 2.05) is 35.7 Å². The van der Waals surface area contributed by atoms with E-state index >= 15 is 0 Å². The molecule has 114 valence electrons. The Labute approximate surface area is 142 Å². The van der Waals surface area contributed by atoms with Crippen LogP contribution in [0.15, 0.2) is 58.3 Å². The summed E-state index contributed by atoms with van der Waals surface area (Å²) in [4.78, 5) is 18.4. The fraction of sp³-hybridized carbons (Fsp3) is 0.111. The molecule has 0 N–H and O–H groups in total. The zero-order valence-corrected chi connectivity index (χ0v) is 14.0. The van der Waals surface area contributed by atoms with Gasteiger partial charge in [0.05, 0.1) is 11.1 Å². The maximum Gasteiger partial charge on any atom is 0.263 e. The van der Waals surface area contributed by atoms with Gasteiger partial charge in [-0.1, -0.05) is 54.1 Å². The van der Waals surface area contributed by atoms with Crippen LogP contribution in [0.4, 0.5) is 0 Å². The van der Waals surface area contributed by atoms with Crippen molar-refractivity contribution in [1.82, 2.24) is 9.55 Å². The third-order valence-corrected chi connectivity index (χ3v) is 5.09. The van der Waals surface area contributed by atoms with E-state index in [1.54, 1.807) is 10.6 Å². The summed E-state index contributed by atoms with van der Waals surface area (Å²) in [5, 5.41) is 3.29. The first-order valence-electron chi connectivity index (χ1n) is 7.01. The molecule has 2 aromatic heterocycles. The second-order valence-corrected chi connectivity index (χ2v) is 6.59. The Morgan fingerprint density at radius 1 is 1.39 bits per heavy atom. The number of hydrogen-bond acceptors (Lipinski definition) is 4. The Bertz CT molecular complexity index is 949. The van der Waals surface area contributed by atoms with Crippen LogP contribution >= 0.6 is 23.1 Å². The van der Waals surface area contributed by atoms with E-state index in [2.05, 4.69) is 17.5 Å². The number of allylic oxidation sites excluding steroid dienone is 1. The van der Waals surface area contributed by atoms with Crippen molar-refractivity contribution in [3.05, 3.63) is 58.7 Å². The van der Waals surface area contributed by atoms with E-state index in [0.717, 1.165) is 16.0 Å². The summed E-state index contributed by atoms with van der Waals surface area (Å²) in [6.45, 7) is 4.15. The van der Waals surface area contributed by atoms with Crippen molar-refractivity contribution >= 4 is 33.3 Å². The number of fused-ring (bicyclic) bond motifs is 1. The number of benzene rings is 1. The van der Waals surface area contributed by atoms with Gasteiger partial charge in [-0.3, -0.25) is 9.36 Å². The highest BCUT2D eigenvalue weighted by Crippen LogP contribution is 2.31. The molecule has 23 heavy (non-hydrogen) atoms. The first-order chi connectivity index (χ1) is 11.3. The summed E-state index contributed by atoms with van der Waals surface area (Å²) >= 11 is 2.88. The molecule has 2 heterocycles. The van der Waals surface area contributed by atoms with Crippen molar-refractivity contribution in [2.45, 2.75) is 11.7 Å². The molecule has 0 amide bonds. The quantitative estimate of drug-likeness (QED) is 0.305. The van der Waals surface area contributed by atoms with Gasteiger partial charge in [0.25, 0.3) is 5.56 Å². The van der Waals surface area contributed by atoms with Crippen LogP contribution in [-0.2, 0) is 6.54 Å². The molecule has 5 heteroatoms. The van der Waals surface area contributed by atoms with Crippen molar-refractivity contribution in [1.29, 1.82) is 0 Å². The van der Waals surface area contributed by atoms with Crippen LogP contribution in [0.25, 0.3) is 21.3 Å². The van der Waals surface area contributed by atoms with Crippen molar-refractivity contribution in [3.8, 4) is 23.5 Å². The van der Waals surface area contributed by atoms with E-state index in [0.29, 0.717) is 22.8 Å². The average molecular weight is 338 g/mol. The van der Waals surface area contributed by atoms with Crippen LogP contribution in [0.5, 0.6) is 0 Å². The molecule has 0 spiro atoms. The van der Waals surface area contributed by atoms with Crippen molar-refractivity contribution in [2.24, 2.45) is 0 Å². The van der Waals surface area contributed by atoms with Crippen LogP contribution in [0.3, 0.4) is 0 Å². The summed E-state index contributed by atoms with van der Waals surface area (Å²) in [5.41, 5.74) is 1.90. The minimum Gasteiger partial charge on any atom is -0.283 e. The molecule has 0 saturated carbocycles. The maximum absolute atomic E-state index is 13.0. The van der Waals surface area contributed by atoms with Gasteiger partial charge >= 0.3 is 0 Å². The number of rotatable bonds is 5. The molecular weight excluding hydrogens is 324 g/mol. The van der Waals surface area contributed by atoms with Gasteiger partial charge in [-0.15, -0.1) is 24.3 Å². The fourth-order valence-corrected chi connectivity index (χ4v) is 4.02. The standard InChI is InChI=1S/C18H14N2OS2/c1-3-10-20-17(21)15-14(13-8-6-5-7-9-13)12-23-16(15)19-18(20)22-11-4-2/h2-3,5-9,12H,1,10-11H2. The second-order valence-electron chi connectivity index (χ2n) is 4.79. The van der Waals surface area contributed by atoms with Crippen molar-refractivity contribution in [3.63, 3.8) is 0 Å². The minimum atomic E-state index is -0.0467. The molecule has 0 aliphatic carbocycles. The molecule has 0 radical (unpaired) electrons. The van der Waals surface area contributed by atoms with E-state index < -0.39 is 0 Å². The summed E-state index contributed by atoms with van der Waals surface area (Å²) in [5.74, 6) is 3.05. The topological polar surface area (TPSA) is 34.9 Å². The van der Waals surface area contributed by atoms with Gasteiger partial charge in [0.15, 0.2) is 5.16 Å². The highest BCUT2D eigenvalue weighted by Gasteiger charge is 2.16. The molecule has 0 saturated heterocycles. The number of thiophene rings is 1. The largest absolute Gasteiger partial charge is 0.283 e. The molecule has 0 bridgehead atoms. The van der Waals surface area contributed by atoms with E-state index in [1.165, 1.54) is 23.1 Å². The number of aromatic nitrogens is 2. The zero-order valence-electron chi connectivity index (χ0n) is 12.4. The fourth-order valence-electron chi connectivity index (χ4n) is 2.34. The van der Waals surface area contributed by atoms with Gasteiger partial charge in [0.1, 0.15) is 4.83 Å². The summed E-state index contributed by atoms with van der Waals surface area (Å²) < 4.78 is 1.64. The monoisotopic (exact) mass is 338 g/mol. The molecule has 0 fully saturated rings. The molecule has 3 aromatic rings. The van der Waals surface area contributed by atoms with Crippen LogP contribution in [0.2, 0.25) is 0 Å². The van der Waals surface area contributed by atoms with E-state index in [9.17, 15) is 4.79 Å². The Morgan fingerprint density at radius 3 is 2.87 bits per heavy atom. The third kappa shape index (κ3) is 2.96.